The molecule has 1 saturated heterocycles. The van der Waals surface area contributed by atoms with Crippen LogP contribution in [0.2, 0.25) is 0 Å². The van der Waals surface area contributed by atoms with Gasteiger partial charge in [0.1, 0.15) is 0 Å². The maximum absolute atomic E-state index is 12.0. The normalized spacial score (nSPS) is 34.3. The van der Waals surface area contributed by atoms with E-state index in [0.29, 0.717) is 0 Å². The standard InChI is InChI=1S/C11H20N2O2/c1-8-9(4-7-15-8)13-10(14)11(12)5-2-3-6-11/h8-9H,2-7,12H2,1H3,(H,13,14). The van der Waals surface area contributed by atoms with Crippen molar-refractivity contribution in [2.45, 2.75) is 56.7 Å². The average molecular weight is 212 g/mol. The van der Waals surface area contributed by atoms with Gasteiger partial charge in [-0.3, -0.25) is 4.79 Å². The van der Waals surface area contributed by atoms with Crippen LogP contribution in [0.1, 0.15) is 39.0 Å². The second-order valence-corrected chi connectivity index (χ2v) is 4.81. The molecule has 1 amide bonds. The number of amides is 1. The van der Waals surface area contributed by atoms with Crippen LogP contribution in [0.25, 0.3) is 0 Å². The molecule has 15 heavy (non-hydrogen) atoms. The molecule has 4 nitrogen and oxygen atoms in total. The third kappa shape index (κ3) is 2.16. The smallest absolute Gasteiger partial charge is 0.240 e. The summed E-state index contributed by atoms with van der Waals surface area (Å²) in [6.07, 6.45) is 4.81. The Balaban J connectivity index is 1.91. The first-order valence-electron chi connectivity index (χ1n) is 5.83. The fourth-order valence-corrected chi connectivity index (χ4v) is 2.47. The lowest BCUT2D eigenvalue weighted by Crippen LogP contribution is -2.55. The molecule has 0 aromatic heterocycles. The Bertz CT molecular complexity index is 249. The molecule has 0 aromatic carbocycles. The lowest BCUT2D eigenvalue weighted by atomic mass is 9.97. The molecular formula is C11H20N2O2. The molecule has 0 bridgehead atoms. The highest BCUT2D eigenvalue weighted by Gasteiger charge is 2.39. The summed E-state index contributed by atoms with van der Waals surface area (Å²) < 4.78 is 5.41. The van der Waals surface area contributed by atoms with Crippen LogP contribution in [0.5, 0.6) is 0 Å². The van der Waals surface area contributed by atoms with E-state index in [1.165, 1.54) is 0 Å². The van der Waals surface area contributed by atoms with Gasteiger partial charge in [0.25, 0.3) is 0 Å². The van der Waals surface area contributed by atoms with Crippen LogP contribution in [-0.2, 0) is 9.53 Å². The van der Waals surface area contributed by atoms with Crippen LogP contribution in [0.15, 0.2) is 0 Å². The van der Waals surface area contributed by atoms with Gasteiger partial charge in [-0.25, -0.2) is 0 Å². The minimum atomic E-state index is -0.609. The zero-order chi connectivity index (χ0) is 10.9. The van der Waals surface area contributed by atoms with Crippen LogP contribution in [0.4, 0.5) is 0 Å². The van der Waals surface area contributed by atoms with Crippen LogP contribution in [0.3, 0.4) is 0 Å². The number of hydrogen-bond acceptors (Lipinski definition) is 3. The predicted molar refractivity (Wildman–Crippen MR) is 57.3 cm³/mol. The van der Waals surface area contributed by atoms with Crippen molar-refractivity contribution >= 4 is 5.91 Å². The van der Waals surface area contributed by atoms with Crippen molar-refractivity contribution in [3.05, 3.63) is 0 Å². The third-order valence-corrected chi connectivity index (χ3v) is 3.64. The molecule has 86 valence electrons. The summed E-state index contributed by atoms with van der Waals surface area (Å²) in [5.74, 6) is 0.0161. The fourth-order valence-electron chi connectivity index (χ4n) is 2.47. The van der Waals surface area contributed by atoms with Crippen LogP contribution >= 0.6 is 0 Å². The summed E-state index contributed by atoms with van der Waals surface area (Å²) >= 11 is 0. The molecule has 2 unspecified atom stereocenters. The monoisotopic (exact) mass is 212 g/mol. The number of nitrogens with two attached hydrogens (primary N) is 1. The van der Waals surface area contributed by atoms with Crippen molar-refractivity contribution in [2.24, 2.45) is 5.73 Å². The summed E-state index contributed by atoms with van der Waals surface area (Å²) in [6, 6.07) is 0.151. The first-order chi connectivity index (χ1) is 7.12. The van der Waals surface area contributed by atoms with E-state index in [-0.39, 0.29) is 18.1 Å². The van der Waals surface area contributed by atoms with Crippen LogP contribution in [0, 0.1) is 0 Å². The maximum Gasteiger partial charge on any atom is 0.240 e. The van der Waals surface area contributed by atoms with Gasteiger partial charge in [0.05, 0.1) is 17.7 Å². The van der Waals surface area contributed by atoms with E-state index in [2.05, 4.69) is 5.32 Å². The van der Waals surface area contributed by atoms with Gasteiger partial charge in [-0.1, -0.05) is 12.8 Å². The highest BCUT2D eigenvalue weighted by Crippen LogP contribution is 2.27. The number of carbonyl (C=O) groups excluding carboxylic acids is 1. The van der Waals surface area contributed by atoms with E-state index < -0.39 is 5.54 Å². The first-order valence-corrected chi connectivity index (χ1v) is 5.83. The molecule has 1 heterocycles. The van der Waals surface area contributed by atoms with E-state index in [0.717, 1.165) is 38.7 Å². The zero-order valence-electron chi connectivity index (χ0n) is 9.29. The molecule has 2 fully saturated rings. The maximum atomic E-state index is 12.0. The van der Waals surface area contributed by atoms with E-state index in [9.17, 15) is 4.79 Å². The Hall–Kier alpha value is -0.610. The molecule has 1 aliphatic heterocycles. The van der Waals surface area contributed by atoms with E-state index in [4.69, 9.17) is 10.5 Å². The largest absolute Gasteiger partial charge is 0.376 e. The average Bonchev–Trinajstić information content (AvgIpc) is 2.78. The Morgan fingerprint density at radius 1 is 1.47 bits per heavy atom. The quantitative estimate of drug-likeness (QED) is 0.702. The van der Waals surface area contributed by atoms with E-state index in [1.807, 2.05) is 6.92 Å². The predicted octanol–water partition coefficient (Wildman–Crippen LogP) is 0.551. The molecule has 0 radical (unpaired) electrons. The topological polar surface area (TPSA) is 64.3 Å². The highest BCUT2D eigenvalue weighted by molar-refractivity contribution is 5.86. The summed E-state index contributed by atoms with van der Waals surface area (Å²) in [4.78, 5) is 12.0. The summed E-state index contributed by atoms with van der Waals surface area (Å²) in [5.41, 5.74) is 5.46. The Labute approximate surface area is 90.5 Å². The van der Waals surface area contributed by atoms with E-state index in [1.54, 1.807) is 0 Å². The van der Waals surface area contributed by atoms with E-state index >= 15 is 0 Å². The number of ether oxygens (including phenoxy) is 1. The van der Waals surface area contributed by atoms with Crippen LogP contribution < -0.4 is 11.1 Å². The molecule has 1 aliphatic carbocycles. The zero-order valence-corrected chi connectivity index (χ0v) is 9.29. The Kier molecular flexibility index (Phi) is 2.98. The Morgan fingerprint density at radius 3 is 2.67 bits per heavy atom. The first kappa shape index (κ1) is 10.9. The molecule has 2 rings (SSSR count). The summed E-state index contributed by atoms with van der Waals surface area (Å²) in [5, 5.41) is 3.02. The van der Waals surface area contributed by atoms with Crippen molar-refractivity contribution < 1.29 is 9.53 Å². The summed E-state index contributed by atoms with van der Waals surface area (Å²) in [6.45, 7) is 2.74. The molecule has 3 N–H and O–H groups in total. The number of hydrogen-bond donors (Lipinski definition) is 2. The lowest BCUT2D eigenvalue weighted by molar-refractivity contribution is -0.127. The summed E-state index contributed by atoms with van der Waals surface area (Å²) in [7, 11) is 0. The molecular weight excluding hydrogens is 192 g/mol. The minimum Gasteiger partial charge on any atom is -0.376 e. The molecule has 0 spiro atoms. The second-order valence-electron chi connectivity index (χ2n) is 4.81. The third-order valence-electron chi connectivity index (χ3n) is 3.64. The molecule has 1 saturated carbocycles. The van der Waals surface area contributed by atoms with Gasteiger partial charge in [-0.2, -0.15) is 0 Å². The van der Waals surface area contributed by atoms with Gasteiger partial charge in [0.15, 0.2) is 0 Å². The van der Waals surface area contributed by atoms with Crippen molar-refractivity contribution in [1.82, 2.24) is 5.32 Å². The highest BCUT2D eigenvalue weighted by atomic mass is 16.5. The van der Waals surface area contributed by atoms with Gasteiger partial charge < -0.3 is 15.8 Å². The van der Waals surface area contributed by atoms with Gasteiger partial charge in [0.2, 0.25) is 5.91 Å². The van der Waals surface area contributed by atoms with Crippen molar-refractivity contribution in [2.75, 3.05) is 6.61 Å². The van der Waals surface area contributed by atoms with Crippen molar-refractivity contribution in [3.63, 3.8) is 0 Å². The number of rotatable bonds is 2. The molecule has 0 aromatic rings. The van der Waals surface area contributed by atoms with Crippen LogP contribution in [-0.4, -0.2) is 30.2 Å². The van der Waals surface area contributed by atoms with Crippen molar-refractivity contribution in [1.29, 1.82) is 0 Å². The SMILES string of the molecule is CC1OCCC1NC(=O)C1(N)CCCC1. The van der Waals surface area contributed by atoms with Crippen molar-refractivity contribution in [3.8, 4) is 0 Å². The van der Waals surface area contributed by atoms with Gasteiger partial charge >= 0.3 is 0 Å². The number of carbonyl (C=O) groups is 1. The van der Waals surface area contributed by atoms with Gasteiger partial charge in [-0.15, -0.1) is 0 Å². The molecule has 2 aliphatic rings. The lowest BCUT2D eigenvalue weighted by Gasteiger charge is -2.25. The molecule has 4 heteroatoms. The minimum absolute atomic E-state index is 0.0161. The fraction of sp³-hybridized carbons (Fsp3) is 0.909. The second kappa shape index (κ2) is 4.10. The number of nitrogens with one attached hydrogen (secondary N) is 1. The van der Waals surface area contributed by atoms with Gasteiger partial charge in [0, 0.05) is 6.61 Å². The Morgan fingerprint density at radius 2 is 2.13 bits per heavy atom. The van der Waals surface area contributed by atoms with Gasteiger partial charge in [-0.05, 0) is 26.2 Å². The molecule has 2 atom stereocenters.